The van der Waals surface area contributed by atoms with E-state index in [4.69, 9.17) is 18.9 Å². The predicted molar refractivity (Wildman–Crippen MR) is 148 cm³/mol. The van der Waals surface area contributed by atoms with Crippen molar-refractivity contribution in [2.45, 2.75) is 30.4 Å². The number of esters is 4. The van der Waals surface area contributed by atoms with Crippen LogP contribution in [0.1, 0.15) is 26.3 Å². The van der Waals surface area contributed by atoms with Crippen LogP contribution in [0, 0.1) is 0 Å². The second kappa shape index (κ2) is 10.4. The third kappa shape index (κ3) is 4.27. The molecule has 3 aliphatic heterocycles. The van der Waals surface area contributed by atoms with Crippen molar-refractivity contribution in [2.75, 3.05) is 33.3 Å². The van der Waals surface area contributed by atoms with Crippen molar-refractivity contribution in [1.82, 2.24) is 0 Å². The molecule has 3 heterocycles. The molecule has 3 aliphatic rings. The summed E-state index contributed by atoms with van der Waals surface area (Å²) in [6.45, 7) is 5.08. The Balaban J connectivity index is 2.17. The molecule has 39 heavy (non-hydrogen) atoms. The van der Waals surface area contributed by atoms with Gasteiger partial charge in [0.25, 0.3) is 0 Å². The number of thioether (sulfide) groups is 3. The van der Waals surface area contributed by atoms with Crippen LogP contribution in [0.15, 0.2) is 49.5 Å². The zero-order valence-electron chi connectivity index (χ0n) is 22.2. The van der Waals surface area contributed by atoms with Crippen LogP contribution in [-0.4, -0.2) is 67.8 Å². The van der Waals surface area contributed by atoms with Gasteiger partial charge < -0.3 is 23.8 Å². The predicted octanol–water partition coefficient (Wildman–Crippen LogP) is 3.62. The van der Waals surface area contributed by atoms with Gasteiger partial charge in [0.1, 0.15) is 18.8 Å². The summed E-state index contributed by atoms with van der Waals surface area (Å²) in [6, 6.07) is 7.11. The van der Waals surface area contributed by atoms with Crippen LogP contribution in [0.3, 0.4) is 0 Å². The Bertz CT molecular complexity index is 1400. The Kier molecular flexibility index (Phi) is 7.71. The molecular formula is C26H25NO9S3. The van der Waals surface area contributed by atoms with E-state index in [1.165, 1.54) is 35.4 Å². The fourth-order valence-electron chi connectivity index (χ4n) is 4.83. The number of methoxy groups -OCH3 is 4. The van der Waals surface area contributed by atoms with E-state index in [9.17, 15) is 24.0 Å². The van der Waals surface area contributed by atoms with Gasteiger partial charge in [0.15, 0.2) is 0 Å². The number of fused-ring (bicyclic) bond motifs is 3. The van der Waals surface area contributed by atoms with Crippen molar-refractivity contribution in [2.24, 2.45) is 0 Å². The summed E-state index contributed by atoms with van der Waals surface area (Å²) in [5.74, 6) is -3.55. The molecule has 13 heteroatoms. The Morgan fingerprint density at radius 1 is 0.744 bits per heavy atom. The first-order valence-corrected chi connectivity index (χ1v) is 13.9. The van der Waals surface area contributed by atoms with Crippen LogP contribution in [0.4, 0.5) is 5.69 Å². The highest BCUT2D eigenvalue weighted by molar-refractivity contribution is 8.26. The van der Waals surface area contributed by atoms with Crippen LogP contribution >= 0.6 is 35.3 Å². The smallest absolute Gasteiger partial charge is 0.345 e. The maximum absolute atomic E-state index is 13.5. The lowest BCUT2D eigenvalue weighted by atomic mass is 9.83. The highest BCUT2D eigenvalue weighted by Crippen LogP contribution is 2.71. The average Bonchev–Trinajstić information content (AvgIpc) is 3.31. The molecule has 1 spiro atoms. The molecule has 0 bridgehead atoms. The maximum atomic E-state index is 13.5. The van der Waals surface area contributed by atoms with E-state index in [0.29, 0.717) is 21.7 Å². The summed E-state index contributed by atoms with van der Waals surface area (Å²) in [4.78, 5) is 67.5. The van der Waals surface area contributed by atoms with E-state index in [-0.39, 0.29) is 26.2 Å². The van der Waals surface area contributed by atoms with Gasteiger partial charge in [-0.25, -0.2) is 19.2 Å². The summed E-state index contributed by atoms with van der Waals surface area (Å²) in [5, 5.41) is 0. The molecule has 206 valence electrons. The number of benzene rings is 1. The number of amides is 1. The van der Waals surface area contributed by atoms with Gasteiger partial charge in [-0.05, 0) is 19.9 Å². The van der Waals surface area contributed by atoms with Gasteiger partial charge in [0.2, 0.25) is 5.91 Å². The second-order valence-electron chi connectivity index (χ2n) is 8.89. The topological polar surface area (TPSA) is 126 Å². The fraction of sp³-hybridized carbons (Fsp3) is 0.346. The maximum Gasteiger partial charge on any atom is 0.345 e. The van der Waals surface area contributed by atoms with Crippen molar-refractivity contribution in [3.05, 3.63) is 55.0 Å². The van der Waals surface area contributed by atoms with E-state index < -0.39 is 33.5 Å². The zero-order valence-corrected chi connectivity index (χ0v) is 24.6. The van der Waals surface area contributed by atoms with Crippen LogP contribution in [0.5, 0.6) is 0 Å². The van der Waals surface area contributed by atoms with Gasteiger partial charge in [-0.1, -0.05) is 53.5 Å². The van der Waals surface area contributed by atoms with Gasteiger partial charge in [-0.15, -0.1) is 0 Å². The molecule has 0 radical (unpaired) electrons. The third-order valence-electron chi connectivity index (χ3n) is 6.36. The van der Waals surface area contributed by atoms with Gasteiger partial charge in [-0.3, -0.25) is 4.79 Å². The molecule has 1 aromatic carbocycles. The van der Waals surface area contributed by atoms with Crippen molar-refractivity contribution in [1.29, 1.82) is 0 Å². The number of hydrogen-bond donors (Lipinski definition) is 0. The molecule has 0 saturated carbocycles. The molecule has 10 nitrogen and oxygen atoms in total. The third-order valence-corrected chi connectivity index (χ3v) is 11.0. The van der Waals surface area contributed by atoms with Gasteiger partial charge in [0, 0.05) is 23.0 Å². The van der Waals surface area contributed by atoms with E-state index in [1.807, 2.05) is 13.8 Å². The summed E-state index contributed by atoms with van der Waals surface area (Å²) in [6.07, 6.45) is 0. The molecule has 0 unspecified atom stereocenters. The van der Waals surface area contributed by atoms with E-state index in [0.717, 1.165) is 35.3 Å². The standard InChI is InChI=1S/C26H25NO9S3/c1-12(28)27-14-11-9-8-10-13(14)15-20(25(27,2)3)37-17(22(30)34-5)16(21(29)33-4)26(15)38-18(23(31)35-6)19(39-26)24(32)36-7/h8-11H,1-7H3. The summed E-state index contributed by atoms with van der Waals surface area (Å²) in [7, 11) is 4.69. The molecule has 0 saturated heterocycles. The molecule has 0 aromatic heterocycles. The van der Waals surface area contributed by atoms with E-state index >= 15 is 0 Å². The number of para-hydroxylation sites is 1. The van der Waals surface area contributed by atoms with Crippen molar-refractivity contribution in [3.8, 4) is 0 Å². The van der Waals surface area contributed by atoms with Crippen LogP contribution in [-0.2, 0) is 42.9 Å². The minimum absolute atomic E-state index is 0.0885. The number of rotatable bonds is 4. The van der Waals surface area contributed by atoms with Crippen molar-refractivity contribution >= 4 is 76.3 Å². The van der Waals surface area contributed by atoms with Gasteiger partial charge in [0.05, 0.1) is 45.2 Å². The summed E-state index contributed by atoms with van der Waals surface area (Å²) in [5.41, 5.74) is 0.544. The normalized spacial score (nSPS) is 18.9. The summed E-state index contributed by atoms with van der Waals surface area (Å²) < 4.78 is 18.6. The Morgan fingerprint density at radius 3 is 1.72 bits per heavy atom. The second-order valence-corrected chi connectivity index (χ2v) is 12.6. The van der Waals surface area contributed by atoms with Crippen molar-refractivity contribution in [3.63, 3.8) is 0 Å². The molecule has 1 amide bonds. The SMILES string of the molecule is COC(=O)C1=C(C(=O)OC)SC2(S1)C(C(=O)OC)=C(C(=O)OC)SC1=C2c2ccccc2N(C(C)=O)C1(C)C. The molecule has 1 aromatic rings. The van der Waals surface area contributed by atoms with Crippen LogP contribution in [0.2, 0.25) is 0 Å². The number of hydrogen-bond acceptors (Lipinski definition) is 12. The molecule has 0 N–H and O–H groups in total. The van der Waals surface area contributed by atoms with E-state index in [2.05, 4.69) is 0 Å². The Labute approximate surface area is 237 Å². The highest BCUT2D eigenvalue weighted by Gasteiger charge is 2.61. The number of nitrogens with zero attached hydrogens (tertiary/aromatic N) is 1. The molecule has 0 atom stereocenters. The first-order valence-electron chi connectivity index (χ1n) is 11.4. The first kappa shape index (κ1) is 28.8. The lowest BCUT2D eigenvalue weighted by Crippen LogP contribution is -2.53. The number of ether oxygens (including phenoxy) is 4. The van der Waals surface area contributed by atoms with Gasteiger partial charge >= 0.3 is 23.9 Å². The fourth-order valence-corrected chi connectivity index (χ4v) is 9.88. The number of carbonyl (C=O) groups excluding carboxylic acids is 5. The summed E-state index contributed by atoms with van der Waals surface area (Å²) >= 11 is 2.77. The Morgan fingerprint density at radius 2 is 1.23 bits per heavy atom. The van der Waals surface area contributed by atoms with Crippen LogP contribution in [0.25, 0.3) is 5.57 Å². The lowest BCUT2D eigenvalue weighted by Gasteiger charge is -2.50. The molecular weight excluding hydrogens is 566 g/mol. The zero-order chi connectivity index (χ0) is 28.9. The monoisotopic (exact) mass is 591 g/mol. The molecule has 0 aliphatic carbocycles. The number of anilines is 1. The van der Waals surface area contributed by atoms with Crippen molar-refractivity contribution < 1.29 is 42.9 Å². The average molecular weight is 592 g/mol. The quantitative estimate of drug-likeness (QED) is 0.375. The highest BCUT2D eigenvalue weighted by atomic mass is 32.2. The molecule has 4 rings (SSSR count). The lowest BCUT2D eigenvalue weighted by molar-refractivity contribution is -0.138. The largest absolute Gasteiger partial charge is 0.466 e. The van der Waals surface area contributed by atoms with E-state index in [1.54, 1.807) is 29.2 Å². The first-order chi connectivity index (χ1) is 18.4. The van der Waals surface area contributed by atoms with Gasteiger partial charge in [-0.2, -0.15) is 0 Å². The minimum atomic E-state index is -1.58. The van der Waals surface area contributed by atoms with Crippen LogP contribution < -0.4 is 4.90 Å². The minimum Gasteiger partial charge on any atom is -0.466 e. The number of carbonyl (C=O) groups is 5. The molecule has 0 fully saturated rings. The Hall–Kier alpha value is -3.16.